The molecule has 2 rings (SSSR count). The maximum Gasteiger partial charge on any atom is 0.343 e. The lowest BCUT2D eigenvalue weighted by atomic mass is 10.1. The highest BCUT2D eigenvalue weighted by atomic mass is 79.9. The van der Waals surface area contributed by atoms with Gasteiger partial charge in [0.15, 0.2) is 0 Å². The van der Waals surface area contributed by atoms with Crippen molar-refractivity contribution in [3.8, 4) is 11.5 Å². The maximum absolute atomic E-state index is 12.6. The molecule has 0 aromatic heterocycles. The number of amides is 1. The van der Waals surface area contributed by atoms with Crippen molar-refractivity contribution in [2.75, 3.05) is 6.61 Å². The summed E-state index contributed by atoms with van der Waals surface area (Å²) < 4.78 is 11.9. The highest BCUT2D eigenvalue weighted by Gasteiger charge is 2.12. The lowest BCUT2D eigenvalue weighted by Gasteiger charge is -2.09. The Hall–Kier alpha value is -2.67. The molecule has 7 heteroatoms. The minimum atomic E-state index is -0.484. The van der Waals surface area contributed by atoms with Gasteiger partial charge in [0.05, 0.1) is 18.4 Å². The molecule has 34 heavy (non-hydrogen) atoms. The van der Waals surface area contributed by atoms with Gasteiger partial charge in [0, 0.05) is 16.5 Å². The van der Waals surface area contributed by atoms with Crippen LogP contribution in [0, 0.1) is 0 Å². The Labute approximate surface area is 211 Å². The molecule has 0 aliphatic carbocycles. The van der Waals surface area contributed by atoms with Crippen molar-refractivity contribution < 1.29 is 19.1 Å². The largest absolute Gasteiger partial charge is 0.494 e. The number of esters is 1. The Morgan fingerprint density at radius 2 is 1.65 bits per heavy atom. The van der Waals surface area contributed by atoms with Crippen molar-refractivity contribution >= 4 is 34.0 Å². The molecule has 0 spiro atoms. The Morgan fingerprint density at radius 1 is 0.941 bits per heavy atom. The molecule has 0 unspecified atom stereocenters. The highest BCUT2D eigenvalue weighted by molar-refractivity contribution is 9.10. The third-order valence-electron chi connectivity index (χ3n) is 5.14. The van der Waals surface area contributed by atoms with E-state index in [1.54, 1.807) is 42.5 Å². The van der Waals surface area contributed by atoms with E-state index in [1.165, 1.54) is 31.9 Å². The van der Waals surface area contributed by atoms with Crippen LogP contribution in [0.5, 0.6) is 11.5 Å². The van der Waals surface area contributed by atoms with E-state index in [4.69, 9.17) is 9.47 Å². The van der Waals surface area contributed by atoms with Crippen molar-refractivity contribution in [2.24, 2.45) is 5.10 Å². The van der Waals surface area contributed by atoms with Gasteiger partial charge in [0.25, 0.3) is 0 Å². The lowest BCUT2D eigenvalue weighted by Crippen LogP contribution is -2.17. The molecule has 0 aliphatic rings. The average molecular weight is 531 g/mol. The van der Waals surface area contributed by atoms with Gasteiger partial charge in [-0.25, -0.2) is 10.2 Å². The van der Waals surface area contributed by atoms with Crippen LogP contribution in [-0.4, -0.2) is 24.7 Å². The van der Waals surface area contributed by atoms with E-state index in [0.717, 1.165) is 30.2 Å². The van der Waals surface area contributed by atoms with Gasteiger partial charge in [-0.15, -0.1) is 0 Å². The van der Waals surface area contributed by atoms with Crippen LogP contribution in [0.1, 0.15) is 87.6 Å². The Balaban J connectivity index is 1.87. The normalized spacial score (nSPS) is 10.9. The number of hydrazone groups is 1. The molecule has 2 aromatic carbocycles. The first-order valence-corrected chi connectivity index (χ1v) is 12.9. The van der Waals surface area contributed by atoms with Crippen molar-refractivity contribution in [3.63, 3.8) is 0 Å². The summed E-state index contributed by atoms with van der Waals surface area (Å²) in [6.45, 7) is 4.86. The Morgan fingerprint density at radius 3 is 2.35 bits per heavy atom. The number of hydrogen-bond donors (Lipinski definition) is 1. The van der Waals surface area contributed by atoms with Crippen LogP contribution in [0.15, 0.2) is 52.0 Å². The molecular weight excluding hydrogens is 496 g/mol. The Bertz CT molecular complexity index is 929. The summed E-state index contributed by atoms with van der Waals surface area (Å²) in [5.41, 5.74) is 3.54. The summed E-state index contributed by atoms with van der Waals surface area (Å²) in [7, 11) is 0. The zero-order valence-electron chi connectivity index (χ0n) is 20.1. The van der Waals surface area contributed by atoms with Gasteiger partial charge in [-0.1, -0.05) is 68.3 Å². The predicted molar refractivity (Wildman–Crippen MR) is 140 cm³/mol. The number of carbonyl (C=O) groups is 2. The number of rotatable bonds is 15. The fraction of sp³-hybridized carbons (Fsp3) is 0.444. The molecule has 0 saturated carbocycles. The second-order valence-corrected chi connectivity index (χ2v) is 9.02. The van der Waals surface area contributed by atoms with Gasteiger partial charge >= 0.3 is 5.97 Å². The minimum absolute atomic E-state index is 0.122. The summed E-state index contributed by atoms with van der Waals surface area (Å²) in [5.74, 6) is 0.456. The van der Waals surface area contributed by atoms with Crippen molar-refractivity contribution in [1.29, 1.82) is 0 Å². The standard InChI is InChI=1S/C27H35BrN2O4/c1-3-5-6-7-8-9-10-11-26(31)30-29-20-22-19-23(28)14-17-25(22)34-27(32)21-12-15-24(16-13-21)33-18-4-2/h12-17,19-20H,3-11,18H2,1-2H3,(H,30,31)/b29-20-. The summed E-state index contributed by atoms with van der Waals surface area (Å²) in [5, 5.41) is 4.05. The second kappa shape index (κ2) is 16.0. The number of nitrogens with one attached hydrogen (secondary N) is 1. The number of carbonyl (C=O) groups excluding carboxylic acids is 2. The van der Waals surface area contributed by atoms with E-state index in [9.17, 15) is 9.59 Å². The lowest BCUT2D eigenvalue weighted by molar-refractivity contribution is -0.121. The fourth-order valence-corrected chi connectivity index (χ4v) is 3.63. The number of nitrogens with zero attached hydrogens (tertiary/aromatic N) is 1. The quantitative estimate of drug-likeness (QED) is 0.0879. The Kier molecular flexibility index (Phi) is 13.0. The molecule has 6 nitrogen and oxygen atoms in total. The van der Waals surface area contributed by atoms with Gasteiger partial charge in [0.1, 0.15) is 11.5 Å². The molecule has 0 aliphatic heterocycles. The topological polar surface area (TPSA) is 77.0 Å². The minimum Gasteiger partial charge on any atom is -0.494 e. The first-order chi connectivity index (χ1) is 16.5. The average Bonchev–Trinajstić information content (AvgIpc) is 2.84. The molecule has 0 saturated heterocycles. The zero-order valence-corrected chi connectivity index (χ0v) is 21.7. The van der Waals surface area contributed by atoms with Gasteiger partial charge < -0.3 is 9.47 Å². The maximum atomic E-state index is 12.6. The second-order valence-electron chi connectivity index (χ2n) is 8.11. The number of benzene rings is 2. The summed E-state index contributed by atoms with van der Waals surface area (Å²) in [4.78, 5) is 24.6. The van der Waals surface area contributed by atoms with Gasteiger partial charge in [-0.3, -0.25) is 4.79 Å². The monoisotopic (exact) mass is 530 g/mol. The van der Waals surface area contributed by atoms with Crippen LogP contribution in [0.2, 0.25) is 0 Å². The summed E-state index contributed by atoms with van der Waals surface area (Å²) >= 11 is 3.42. The van der Waals surface area contributed by atoms with Gasteiger partial charge in [-0.2, -0.15) is 5.10 Å². The summed E-state index contributed by atoms with van der Waals surface area (Å²) in [6.07, 6.45) is 10.9. The third kappa shape index (κ3) is 10.5. The van der Waals surface area contributed by atoms with Crippen LogP contribution in [0.3, 0.4) is 0 Å². The van der Waals surface area contributed by atoms with E-state index < -0.39 is 5.97 Å². The van der Waals surface area contributed by atoms with Crippen LogP contribution in [-0.2, 0) is 4.79 Å². The summed E-state index contributed by atoms with van der Waals surface area (Å²) in [6, 6.07) is 12.1. The fourth-order valence-electron chi connectivity index (χ4n) is 3.25. The first-order valence-electron chi connectivity index (χ1n) is 12.1. The van der Waals surface area contributed by atoms with Crippen molar-refractivity contribution in [1.82, 2.24) is 5.43 Å². The van der Waals surface area contributed by atoms with Crippen LogP contribution < -0.4 is 14.9 Å². The SMILES string of the molecule is CCCCCCCCCC(=O)N/N=C\c1cc(Br)ccc1OC(=O)c1ccc(OCCC)cc1. The number of unbranched alkanes of at least 4 members (excludes halogenated alkanes) is 6. The number of ether oxygens (including phenoxy) is 2. The number of hydrogen-bond acceptors (Lipinski definition) is 5. The van der Waals surface area contributed by atoms with E-state index in [-0.39, 0.29) is 5.91 Å². The zero-order chi connectivity index (χ0) is 24.6. The molecule has 1 amide bonds. The van der Waals surface area contributed by atoms with Crippen molar-refractivity contribution in [3.05, 3.63) is 58.1 Å². The molecule has 0 bridgehead atoms. The van der Waals surface area contributed by atoms with E-state index in [0.29, 0.717) is 35.7 Å². The number of halogens is 1. The van der Waals surface area contributed by atoms with Crippen molar-refractivity contribution in [2.45, 2.75) is 71.6 Å². The van der Waals surface area contributed by atoms with Gasteiger partial charge in [-0.05, 0) is 55.3 Å². The highest BCUT2D eigenvalue weighted by Crippen LogP contribution is 2.23. The molecule has 0 atom stereocenters. The van der Waals surface area contributed by atoms with Gasteiger partial charge in [0.2, 0.25) is 5.91 Å². The van der Waals surface area contributed by atoms with Crippen LogP contribution in [0.4, 0.5) is 0 Å². The van der Waals surface area contributed by atoms with Crippen LogP contribution >= 0.6 is 15.9 Å². The van der Waals surface area contributed by atoms with E-state index in [2.05, 4.69) is 33.4 Å². The van der Waals surface area contributed by atoms with Crippen LogP contribution in [0.25, 0.3) is 0 Å². The van der Waals surface area contributed by atoms with E-state index in [1.807, 2.05) is 6.92 Å². The molecule has 2 aromatic rings. The molecule has 184 valence electrons. The third-order valence-corrected chi connectivity index (χ3v) is 5.63. The molecule has 0 heterocycles. The molecule has 1 N–H and O–H groups in total. The molecule has 0 radical (unpaired) electrons. The smallest absolute Gasteiger partial charge is 0.343 e. The van der Waals surface area contributed by atoms with E-state index >= 15 is 0 Å². The predicted octanol–water partition coefficient (Wildman–Crippen LogP) is 7.05. The first kappa shape index (κ1) is 27.6. The molecule has 0 fully saturated rings. The molecular formula is C27H35BrN2O4.